The van der Waals surface area contributed by atoms with E-state index in [-0.39, 0.29) is 11.5 Å². The average molecular weight is 297 g/mol. The van der Waals surface area contributed by atoms with Crippen LogP contribution < -0.4 is 10.2 Å². The summed E-state index contributed by atoms with van der Waals surface area (Å²) >= 11 is 0. The summed E-state index contributed by atoms with van der Waals surface area (Å²) in [5, 5.41) is -0.404. The van der Waals surface area contributed by atoms with Gasteiger partial charge in [0.25, 0.3) is 0 Å². The van der Waals surface area contributed by atoms with E-state index in [1.165, 1.54) is 12.1 Å². The van der Waals surface area contributed by atoms with E-state index < -0.39 is 32.0 Å². The summed E-state index contributed by atoms with van der Waals surface area (Å²) in [5.74, 6) is -1.62. The number of aromatic amines is 1. The molecule has 0 unspecified atom stereocenters. The highest BCUT2D eigenvalue weighted by Crippen LogP contribution is 2.20. The van der Waals surface area contributed by atoms with Crippen LogP contribution in [0.2, 0.25) is 0 Å². The van der Waals surface area contributed by atoms with Gasteiger partial charge in [0.15, 0.2) is 0 Å². The fourth-order valence-corrected chi connectivity index (χ4v) is 2.87. The standard InChI is InChI=1S/C13H12FNO4S/c1-2-19-13-12(14)10(16)8-11(15-13)20(17,18)9-6-4-3-5-7-9/h3-8H,2H2,1H3,(H,15,16). The van der Waals surface area contributed by atoms with Gasteiger partial charge in [-0.2, -0.15) is 4.39 Å². The Morgan fingerprint density at radius 3 is 2.50 bits per heavy atom. The van der Waals surface area contributed by atoms with Gasteiger partial charge in [0, 0.05) is 6.07 Å². The van der Waals surface area contributed by atoms with Crippen LogP contribution in [0.5, 0.6) is 5.88 Å². The minimum Gasteiger partial charge on any atom is -0.477 e. The van der Waals surface area contributed by atoms with E-state index in [1.54, 1.807) is 25.1 Å². The van der Waals surface area contributed by atoms with Crippen LogP contribution in [0.3, 0.4) is 0 Å². The first-order valence-corrected chi connectivity index (χ1v) is 7.31. The number of benzene rings is 1. The Balaban J connectivity index is 2.62. The molecule has 0 atom stereocenters. The van der Waals surface area contributed by atoms with Crippen LogP contribution in [0.15, 0.2) is 51.1 Å². The molecule has 0 fully saturated rings. The van der Waals surface area contributed by atoms with Crippen LogP contribution in [-0.2, 0) is 9.84 Å². The normalized spacial score (nSPS) is 11.3. The first kappa shape index (κ1) is 14.3. The fourth-order valence-electron chi connectivity index (χ4n) is 1.61. The molecule has 0 bridgehead atoms. The number of halogens is 1. The van der Waals surface area contributed by atoms with Crippen LogP contribution in [0.4, 0.5) is 4.39 Å². The Morgan fingerprint density at radius 1 is 1.25 bits per heavy atom. The number of hydrogen-bond acceptors (Lipinski definition) is 4. The number of H-pyrrole nitrogens is 1. The summed E-state index contributed by atoms with van der Waals surface area (Å²) in [5.41, 5.74) is -1.04. The largest absolute Gasteiger partial charge is 0.477 e. The zero-order valence-corrected chi connectivity index (χ0v) is 11.4. The zero-order valence-electron chi connectivity index (χ0n) is 10.6. The molecule has 1 aromatic heterocycles. The molecule has 7 heteroatoms. The molecule has 0 saturated heterocycles. The van der Waals surface area contributed by atoms with Crippen LogP contribution >= 0.6 is 0 Å². The van der Waals surface area contributed by atoms with Gasteiger partial charge in [0.2, 0.25) is 27.0 Å². The first-order valence-electron chi connectivity index (χ1n) is 5.82. The van der Waals surface area contributed by atoms with E-state index in [2.05, 4.69) is 4.98 Å². The zero-order chi connectivity index (χ0) is 14.8. The van der Waals surface area contributed by atoms with E-state index in [4.69, 9.17) is 4.74 Å². The molecule has 5 nitrogen and oxygen atoms in total. The Morgan fingerprint density at radius 2 is 1.90 bits per heavy atom. The molecule has 0 aliphatic rings. The Hall–Kier alpha value is -2.15. The Kier molecular flexibility index (Phi) is 3.89. The number of rotatable bonds is 4. The second kappa shape index (κ2) is 5.46. The van der Waals surface area contributed by atoms with Gasteiger partial charge in [0.05, 0.1) is 11.5 Å². The SMILES string of the molecule is CCOc1[nH]c(S(=O)(=O)c2ccccc2)cc(=O)c1F. The van der Waals surface area contributed by atoms with Crippen molar-refractivity contribution in [2.75, 3.05) is 6.61 Å². The minimum absolute atomic E-state index is 0.00436. The minimum atomic E-state index is -3.92. The van der Waals surface area contributed by atoms with Crippen LogP contribution in [0.25, 0.3) is 0 Å². The van der Waals surface area contributed by atoms with Crippen LogP contribution in [-0.4, -0.2) is 20.0 Å². The molecule has 0 amide bonds. The van der Waals surface area contributed by atoms with Crippen molar-refractivity contribution < 1.29 is 17.5 Å². The van der Waals surface area contributed by atoms with E-state index in [0.717, 1.165) is 0 Å². The number of ether oxygens (including phenoxy) is 1. The van der Waals surface area contributed by atoms with Crippen LogP contribution in [0, 0.1) is 5.82 Å². The number of sulfone groups is 1. The highest BCUT2D eigenvalue weighted by atomic mass is 32.2. The summed E-state index contributed by atoms with van der Waals surface area (Å²) in [4.78, 5) is 13.8. The summed E-state index contributed by atoms with van der Waals surface area (Å²) in [7, 11) is -3.92. The predicted molar refractivity (Wildman–Crippen MR) is 70.1 cm³/mol. The molecule has 106 valence electrons. The summed E-state index contributed by atoms with van der Waals surface area (Å²) < 4.78 is 43.0. The van der Waals surface area contributed by atoms with Crippen molar-refractivity contribution in [3.05, 3.63) is 52.4 Å². The molecular weight excluding hydrogens is 285 g/mol. The van der Waals surface area contributed by atoms with Gasteiger partial charge in [-0.3, -0.25) is 4.79 Å². The van der Waals surface area contributed by atoms with Crippen molar-refractivity contribution in [2.24, 2.45) is 0 Å². The molecule has 1 heterocycles. The van der Waals surface area contributed by atoms with Gasteiger partial charge >= 0.3 is 0 Å². The maximum atomic E-state index is 13.5. The molecule has 20 heavy (non-hydrogen) atoms. The third-order valence-corrected chi connectivity index (χ3v) is 4.24. The third kappa shape index (κ3) is 2.57. The molecule has 0 spiro atoms. The number of pyridine rings is 1. The summed E-state index contributed by atoms with van der Waals surface area (Å²) in [6.45, 7) is 1.69. The molecule has 0 radical (unpaired) electrons. The average Bonchev–Trinajstić information content (AvgIpc) is 2.44. The lowest BCUT2D eigenvalue weighted by atomic mass is 10.4. The lowest BCUT2D eigenvalue weighted by molar-refractivity contribution is 0.303. The van der Waals surface area contributed by atoms with Gasteiger partial charge < -0.3 is 9.72 Å². The second-order valence-corrected chi connectivity index (χ2v) is 5.81. The molecular formula is C13H12FNO4S. The summed E-state index contributed by atoms with van der Waals surface area (Å²) in [6.07, 6.45) is 0. The van der Waals surface area contributed by atoms with Gasteiger partial charge in [-0.05, 0) is 19.1 Å². The van der Waals surface area contributed by atoms with Crippen molar-refractivity contribution >= 4 is 9.84 Å². The molecule has 0 saturated carbocycles. The molecule has 0 aliphatic carbocycles. The molecule has 1 aromatic carbocycles. The highest BCUT2D eigenvalue weighted by molar-refractivity contribution is 7.91. The van der Waals surface area contributed by atoms with Gasteiger partial charge in [0.1, 0.15) is 5.03 Å². The molecule has 1 N–H and O–H groups in total. The molecule has 0 aliphatic heterocycles. The van der Waals surface area contributed by atoms with Gasteiger partial charge in [-0.25, -0.2) is 8.42 Å². The number of nitrogens with one attached hydrogen (secondary N) is 1. The summed E-state index contributed by atoms with van der Waals surface area (Å²) in [6, 6.07) is 8.25. The predicted octanol–water partition coefficient (Wildman–Crippen LogP) is 1.75. The van der Waals surface area contributed by atoms with Crippen LogP contribution in [0.1, 0.15) is 6.92 Å². The maximum Gasteiger partial charge on any atom is 0.233 e. The van der Waals surface area contributed by atoms with Crippen molar-refractivity contribution in [1.82, 2.24) is 4.98 Å². The Bertz CT molecular complexity index is 769. The lowest BCUT2D eigenvalue weighted by Crippen LogP contribution is -2.15. The Labute approximate surface area is 115 Å². The first-order chi connectivity index (χ1) is 9.46. The third-order valence-electron chi connectivity index (χ3n) is 2.55. The quantitative estimate of drug-likeness (QED) is 0.932. The van der Waals surface area contributed by atoms with Crippen molar-refractivity contribution in [1.29, 1.82) is 0 Å². The number of aromatic nitrogens is 1. The molecule has 2 rings (SSSR count). The van der Waals surface area contributed by atoms with Crippen molar-refractivity contribution in [3.8, 4) is 5.88 Å². The van der Waals surface area contributed by atoms with Crippen molar-refractivity contribution in [3.63, 3.8) is 0 Å². The number of hydrogen-bond donors (Lipinski definition) is 1. The maximum absolute atomic E-state index is 13.5. The second-order valence-electron chi connectivity index (χ2n) is 3.89. The van der Waals surface area contributed by atoms with Gasteiger partial charge in [-0.15, -0.1) is 0 Å². The molecule has 2 aromatic rings. The lowest BCUT2D eigenvalue weighted by Gasteiger charge is -2.08. The topological polar surface area (TPSA) is 76.2 Å². The van der Waals surface area contributed by atoms with E-state index >= 15 is 0 Å². The van der Waals surface area contributed by atoms with Crippen molar-refractivity contribution in [2.45, 2.75) is 16.8 Å². The monoisotopic (exact) mass is 297 g/mol. The van der Waals surface area contributed by atoms with E-state index in [0.29, 0.717) is 6.07 Å². The van der Waals surface area contributed by atoms with E-state index in [1.807, 2.05) is 0 Å². The van der Waals surface area contributed by atoms with Gasteiger partial charge in [-0.1, -0.05) is 18.2 Å². The smallest absolute Gasteiger partial charge is 0.233 e. The fraction of sp³-hybridized carbons (Fsp3) is 0.154. The highest BCUT2D eigenvalue weighted by Gasteiger charge is 2.22. The van der Waals surface area contributed by atoms with E-state index in [9.17, 15) is 17.6 Å².